The highest BCUT2D eigenvalue weighted by molar-refractivity contribution is 6.35. The molecule has 6 rings (SSSR count). The molecule has 0 aliphatic carbocycles. The summed E-state index contributed by atoms with van der Waals surface area (Å²) in [6.07, 6.45) is 3.42. The second-order valence-corrected chi connectivity index (χ2v) is 10.7. The average Bonchev–Trinajstić information content (AvgIpc) is 2.89. The fourth-order valence-corrected chi connectivity index (χ4v) is 5.46. The van der Waals surface area contributed by atoms with Gasteiger partial charge in [0.25, 0.3) is 0 Å². The molecule has 0 radical (unpaired) electrons. The molecule has 0 spiro atoms. The Kier molecular flexibility index (Phi) is 7.92. The van der Waals surface area contributed by atoms with E-state index >= 15 is 0 Å². The summed E-state index contributed by atoms with van der Waals surface area (Å²) in [6.45, 7) is 9.46. The molecule has 3 aliphatic rings. The molecular formula is C27H30Cl2N6O3. The van der Waals surface area contributed by atoms with E-state index in [1.165, 1.54) is 0 Å². The fourth-order valence-electron chi connectivity index (χ4n) is 4.94. The Hall–Kier alpha value is -2.53. The van der Waals surface area contributed by atoms with Crippen molar-refractivity contribution < 1.29 is 14.2 Å². The second kappa shape index (κ2) is 11.7. The number of anilines is 1. The van der Waals surface area contributed by atoms with Crippen molar-refractivity contribution >= 4 is 29.2 Å². The van der Waals surface area contributed by atoms with Gasteiger partial charge in [-0.3, -0.25) is 9.80 Å². The number of ether oxygens (including phenoxy) is 3. The lowest BCUT2D eigenvalue weighted by atomic mass is 10.1. The Labute approximate surface area is 232 Å². The maximum atomic E-state index is 6.28. The van der Waals surface area contributed by atoms with Crippen molar-refractivity contribution in [2.75, 3.05) is 70.6 Å². The van der Waals surface area contributed by atoms with E-state index in [2.05, 4.69) is 30.7 Å². The minimum absolute atomic E-state index is 0.467. The van der Waals surface area contributed by atoms with Gasteiger partial charge in [0.15, 0.2) is 5.75 Å². The van der Waals surface area contributed by atoms with Crippen molar-refractivity contribution in [2.45, 2.75) is 12.6 Å². The Morgan fingerprint density at radius 2 is 1.55 bits per heavy atom. The summed E-state index contributed by atoms with van der Waals surface area (Å²) in [4.78, 5) is 21.0. The number of rotatable bonds is 7. The Balaban J connectivity index is 1.19. The monoisotopic (exact) mass is 556 g/mol. The molecule has 38 heavy (non-hydrogen) atoms. The number of halogens is 2. The normalized spacial score (nSPS) is 19.4. The van der Waals surface area contributed by atoms with Crippen molar-refractivity contribution in [1.82, 2.24) is 24.8 Å². The third-order valence-electron chi connectivity index (χ3n) is 7.10. The van der Waals surface area contributed by atoms with Crippen LogP contribution in [0, 0.1) is 0 Å². The summed E-state index contributed by atoms with van der Waals surface area (Å²) >= 11 is 12.6. The summed E-state index contributed by atoms with van der Waals surface area (Å²) < 4.78 is 17.0. The van der Waals surface area contributed by atoms with Gasteiger partial charge in [0.2, 0.25) is 11.8 Å². The fraction of sp³-hybridized carbons (Fsp3) is 0.444. The van der Waals surface area contributed by atoms with E-state index in [0.29, 0.717) is 33.7 Å². The van der Waals surface area contributed by atoms with E-state index < -0.39 is 0 Å². The quantitative estimate of drug-likeness (QED) is 0.429. The molecule has 3 aliphatic heterocycles. The standard InChI is InChI=1S/C27H30Cl2N6O3/c28-21-11-20(12-22(29)13-21)25-9-19(16-33-5-7-36-8-6-33)10-26(32-25)38-24-14-30-27(31-15-24)35-3-1-34(2-4-35)23-17-37-18-23/h9-15,23H,1-8,16-18H2. The molecule has 9 nitrogen and oxygen atoms in total. The molecule has 0 unspecified atom stereocenters. The Morgan fingerprint density at radius 3 is 2.21 bits per heavy atom. The van der Waals surface area contributed by atoms with Crippen molar-refractivity contribution in [1.29, 1.82) is 0 Å². The van der Waals surface area contributed by atoms with Crippen LogP contribution < -0.4 is 9.64 Å². The highest BCUT2D eigenvalue weighted by Crippen LogP contribution is 2.30. The highest BCUT2D eigenvalue weighted by atomic mass is 35.5. The first-order valence-corrected chi connectivity index (χ1v) is 13.7. The van der Waals surface area contributed by atoms with Gasteiger partial charge in [-0.15, -0.1) is 0 Å². The zero-order valence-electron chi connectivity index (χ0n) is 21.1. The lowest BCUT2D eigenvalue weighted by molar-refractivity contribution is -0.0661. The minimum Gasteiger partial charge on any atom is -0.436 e. The molecular weight excluding hydrogens is 527 g/mol. The number of aromatic nitrogens is 3. The summed E-state index contributed by atoms with van der Waals surface area (Å²) in [6, 6.07) is 10.00. The smallest absolute Gasteiger partial charge is 0.225 e. The molecule has 0 atom stereocenters. The maximum Gasteiger partial charge on any atom is 0.225 e. The Bertz CT molecular complexity index is 1230. The third kappa shape index (κ3) is 6.20. The van der Waals surface area contributed by atoms with E-state index in [4.69, 9.17) is 42.4 Å². The van der Waals surface area contributed by atoms with Gasteiger partial charge < -0.3 is 19.1 Å². The van der Waals surface area contributed by atoms with Crippen LogP contribution in [-0.4, -0.2) is 96.5 Å². The van der Waals surface area contributed by atoms with Gasteiger partial charge in [-0.1, -0.05) is 23.2 Å². The van der Waals surface area contributed by atoms with E-state index in [1.54, 1.807) is 18.5 Å². The van der Waals surface area contributed by atoms with Crippen LogP contribution in [0.3, 0.4) is 0 Å². The van der Waals surface area contributed by atoms with Gasteiger partial charge in [-0.05, 0) is 29.8 Å². The van der Waals surface area contributed by atoms with Crippen molar-refractivity contribution in [3.63, 3.8) is 0 Å². The molecule has 2 aromatic heterocycles. The van der Waals surface area contributed by atoms with Crippen LogP contribution in [0.5, 0.6) is 11.6 Å². The maximum absolute atomic E-state index is 6.28. The molecule has 3 aromatic rings. The van der Waals surface area contributed by atoms with Gasteiger partial charge in [0, 0.05) is 67.5 Å². The zero-order valence-corrected chi connectivity index (χ0v) is 22.6. The minimum atomic E-state index is 0.467. The first-order chi connectivity index (χ1) is 18.6. The molecule has 0 saturated carbocycles. The molecule has 3 fully saturated rings. The van der Waals surface area contributed by atoms with Gasteiger partial charge in [0.05, 0.1) is 50.6 Å². The first kappa shape index (κ1) is 25.7. The predicted molar refractivity (Wildman–Crippen MR) is 146 cm³/mol. The summed E-state index contributed by atoms with van der Waals surface area (Å²) in [5, 5.41) is 1.11. The largest absolute Gasteiger partial charge is 0.436 e. The van der Waals surface area contributed by atoms with Gasteiger partial charge >= 0.3 is 0 Å². The van der Waals surface area contributed by atoms with Crippen LogP contribution in [0.1, 0.15) is 5.56 Å². The van der Waals surface area contributed by atoms with E-state index in [9.17, 15) is 0 Å². The van der Waals surface area contributed by atoms with Crippen LogP contribution in [0.15, 0.2) is 42.7 Å². The number of pyridine rings is 1. The molecule has 0 amide bonds. The van der Waals surface area contributed by atoms with Crippen LogP contribution >= 0.6 is 23.2 Å². The number of benzene rings is 1. The van der Waals surface area contributed by atoms with Crippen LogP contribution in [-0.2, 0) is 16.0 Å². The van der Waals surface area contributed by atoms with Crippen molar-refractivity contribution in [3.05, 3.63) is 58.3 Å². The number of piperazine rings is 1. The number of hydrogen-bond acceptors (Lipinski definition) is 9. The Morgan fingerprint density at radius 1 is 0.842 bits per heavy atom. The number of morpholine rings is 1. The first-order valence-electron chi connectivity index (χ1n) is 12.9. The van der Waals surface area contributed by atoms with Gasteiger partial charge in [-0.25, -0.2) is 15.0 Å². The molecule has 0 bridgehead atoms. The van der Waals surface area contributed by atoms with Crippen LogP contribution in [0.25, 0.3) is 11.3 Å². The molecule has 3 saturated heterocycles. The topological polar surface area (TPSA) is 76.1 Å². The van der Waals surface area contributed by atoms with Gasteiger partial charge in [0.1, 0.15) is 0 Å². The molecule has 11 heteroatoms. The second-order valence-electron chi connectivity index (χ2n) is 9.78. The summed E-state index contributed by atoms with van der Waals surface area (Å²) in [7, 11) is 0. The third-order valence-corrected chi connectivity index (χ3v) is 7.54. The SMILES string of the molecule is Clc1cc(Cl)cc(-c2cc(CN3CCOCC3)cc(Oc3cnc(N4CCN(C5COC5)CC4)nc3)n2)c1. The molecule has 0 N–H and O–H groups in total. The molecule has 5 heterocycles. The number of hydrogen-bond donors (Lipinski definition) is 0. The predicted octanol–water partition coefficient (Wildman–Crippen LogP) is 3.99. The van der Waals surface area contributed by atoms with E-state index in [-0.39, 0.29) is 0 Å². The van der Waals surface area contributed by atoms with Crippen LogP contribution in [0.4, 0.5) is 5.95 Å². The summed E-state index contributed by atoms with van der Waals surface area (Å²) in [5.41, 5.74) is 2.65. The lowest BCUT2D eigenvalue weighted by Crippen LogP contribution is -2.56. The van der Waals surface area contributed by atoms with Crippen molar-refractivity contribution in [2.24, 2.45) is 0 Å². The average molecular weight is 557 g/mol. The van der Waals surface area contributed by atoms with E-state index in [1.807, 2.05) is 18.2 Å². The lowest BCUT2D eigenvalue weighted by Gasteiger charge is -2.42. The van der Waals surface area contributed by atoms with E-state index in [0.717, 1.165) is 89.1 Å². The van der Waals surface area contributed by atoms with Gasteiger partial charge in [-0.2, -0.15) is 0 Å². The highest BCUT2D eigenvalue weighted by Gasteiger charge is 2.29. The molecule has 200 valence electrons. The zero-order chi connectivity index (χ0) is 25.9. The molecule has 1 aromatic carbocycles. The summed E-state index contributed by atoms with van der Waals surface area (Å²) in [5.74, 6) is 1.71. The van der Waals surface area contributed by atoms with Crippen LogP contribution in [0.2, 0.25) is 10.0 Å². The van der Waals surface area contributed by atoms with Crippen molar-refractivity contribution in [3.8, 4) is 22.9 Å². The number of nitrogens with zero attached hydrogens (tertiary/aromatic N) is 6.